The monoisotopic (exact) mass is 373 g/mol. The second-order valence-electron chi connectivity index (χ2n) is 6.56. The third-order valence-electron chi connectivity index (χ3n) is 4.59. The third-order valence-corrected chi connectivity index (χ3v) is 4.95. The zero-order valence-corrected chi connectivity index (χ0v) is 15.6. The Balaban J connectivity index is 1.78. The second kappa shape index (κ2) is 8.67. The van der Waals surface area contributed by atoms with E-state index in [1.54, 1.807) is 0 Å². The van der Waals surface area contributed by atoms with E-state index >= 15 is 0 Å². The summed E-state index contributed by atoms with van der Waals surface area (Å²) in [6.45, 7) is 2.61. The Kier molecular flexibility index (Phi) is 6.30. The van der Waals surface area contributed by atoms with Crippen molar-refractivity contribution in [3.63, 3.8) is 0 Å². The minimum Gasteiger partial charge on any atom is -0.494 e. The molecule has 26 heavy (non-hydrogen) atoms. The smallest absolute Gasteiger partial charge is 0.119 e. The molecule has 2 N–H and O–H groups in total. The zero-order valence-electron chi connectivity index (χ0n) is 14.8. The van der Waals surface area contributed by atoms with Gasteiger partial charge in [0.1, 0.15) is 5.75 Å². The first kappa shape index (κ1) is 18.9. The highest BCUT2D eigenvalue weighted by Gasteiger charge is 2.28. The Morgan fingerprint density at radius 1 is 1.23 bits per heavy atom. The van der Waals surface area contributed by atoms with Gasteiger partial charge in [0.25, 0.3) is 0 Å². The first-order valence-electron chi connectivity index (χ1n) is 8.93. The van der Waals surface area contributed by atoms with Crippen LogP contribution >= 0.6 is 11.6 Å². The van der Waals surface area contributed by atoms with Gasteiger partial charge in [-0.1, -0.05) is 35.9 Å². The maximum absolute atomic E-state index is 10.0. The van der Waals surface area contributed by atoms with E-state index in [2.05, 4.69) is 0 Å². The summed E-state index contributed by atoms with van der Waals surface area (Å²) in [5, 5.41) is 18.2. The van der Waals surface area contributed by atoms with Gasteiger partial charge >= 0.3 is 0 Å². The molecule has 2 aromatic carbocycles. The van der Waals surface area contributed by atoms with Crippen LogP contribution in [0.1, 0.15) is 42.6 Å². The molecule has 1 aliphatic heterocycles. The molecule has 4 nitrogen and oxygen atoms in total. The SMILES string of the molecule is CCOc1ccc(Cc2cc([C@H]3C[C@@H](O)CC(C=N)O3)ccc2Cl)cc1. The number of rotatable bonds is 6. The molecule has 3 rings (SSSR count). The standard InChI is InChI=1S/C21H24ClNO3/c1-2-25-18-6-3-14(4-7-18)9-16-10-15(5-8-20(16)22)21-12-17(24)11-19(13-23)26-21/h3-8,10,13,17,19,21,23-24H,2,9,11-12H2,1H3/t17-,19?,21+/m0/s1. The van der Waals surface area contributed by atoms with Crippen LogP contribution in [-0.4, -0.2) is 30.1 Å². The molecule has 1 heterocycles. The Morgan fingerprint density at radius 2 is 2.00 bits per heavy atom. The Labute approximate surface area is 159 Å². The summed E-state index contributed by atoms with van der Waals surface area (Å²) < 4.78 is 11.4. The van der Waals surface area contributed by atoms with E-state index in [9.17, 15) is 5.11 Å². The molecule has 0 spiro atoms. The Morgan fingerprint density at radius 3 is 2.69 bits per heavy atom. The van der Waals surface area contributed by atoms with E-state index in [0.29, 0.717) is 30.9 Å². The van der Waals surface area contributed by atoms with Gasteiger partial charge in [-0.05, 0) is 48.2 Å². The summed E-state index contributed by atoms with van der Waals surface area (Å²) in [5.74, 6) is 0.860. The number of benzene rings is 2. The highest BCUT2D eigenvalue weighted by molar-refractivity contribution is 6.31. The van der Waals surface area contributed by atoms with Crippen molar-refractivity contribution in [2.75, 3.05) is 6.61 Å². The fourth-order valence-corrected chi connectivity index (χ4v) is 3.46. The van der Waals surface area contributed by atoms with Crippen molar-refractivity contribution in [2.24, 2.45) is 0 Å². The van der Waals surface area contributed by atoms with Gasteiger partial charge in [0.2, 0.25) is 0 Å². The lowest BCUT2D eigenvalue weighted by Crippen LogP contribution is -2.32. The van der Waals surface area contributed by atoms with Gasteiger partial charge in [0.15, 0.2) is 0 Å². The zero-order chi connectivity index (χ0) is 18.5. The van der Waals surface area contributed by atoms with Crippen molar-refractivity contribution in [1.29, 1.82) is 5.41 Å². The topological polar surface area (TPSA) is 62.5 Å². The third kappa shape index (κ3) is 4.64. The van der Waals surface area contributed by atoms with Crippen LogP contribution in [0.5, 0.6) is 5.75 Å². The van der Waals surface area contributed by atoms with Crippen LogP contribution in [0.4, 0.5) is 0 Å². The molecule has 5 heteroatoms. The van der Waals surface area contributed by atoms with Crippen LogP contribution in [-0.2, 0) is 11.2 Å². The number of ether oxygens (including phenoxy) is 2. The lowest BCUT2D eigenvalue weighted by Gasteiger charge is -2.31. The molecule has 2 aromatic rings. The molecule has 0 saturated carbocycles. The predicted octanol–water partition coefficient (Wildman–Crippen LogP) is 4.56. The minimum atomic E-state index is -0.453. The van der Waals surface area contributed by atoms with Gasteiger partial charge in [-0.15, -0.1) is 0 Å². The highest BCUT2D eigenvalue weighted by atomic mass is 35.5. The molecule has 0 amide bonds. The predicted molar refractivity (Wildman–Crippen MR) is 104 cm³/mol. The molecular formula is C21H24ClNO3. The van der Waals surface area contributed by atoms with E-state index in [4.69, 9.17) is 26.5 Å². The van der Waals surface area contributed by atoms with Crippen molar-refractivity contribution < 1.29 is 14.6 Å². The van der Waals surface area contributed by atoms with Crippen LogP contribution in [0, 0.1) is 5.41 Å². The van der Waals surface area contributed by atoms with Crippen LogP contribution < -0.4 is 4.74 Å². The summed E-state index contributed by atoms with van der Waals surface area (Å²) in [6, 6.07) is 13.9. The molecule has 1 fully saturated rings. The minimum absolute atomic E-state index is 0.221. The van der Waals surface area contributed by atoms with E-state index in [1.807, 2.05) is 49.4 Å². The molecule has 3 atom stereocenters. The van der Waals surface area contributed by atoms with Gasteiger partial charge < -0.3 is 20.0 Å². The van der Waals surface area contributed by atoms with Crippen molar-refractivity contribution in [1.82, 2.24) is 0 Å². The Hall–Kier alpha value is -1.88. The Bertz CT molecular complexity index is 747. The van der Waals surface area contributed by atoms with E-state index in [0.717, 1.165) is 22.4 Å². The average Bonchev–Trinajstić information content (AvgIpc) is 2.64. The van der Waals surface area contributed by atoms with E-state index in [-0.39, 0.29) is 12.2 Å². The van der Waals surface area contributed by atoms with Gasteiger partial charge in [-0.25, -0.2) is 0 Å². The van der Waals surface area contributed by atoms with Crippen LogP contribution in [0.25, 0.3) is 0 Å². The summed E-state index contributed by atoms with van der Waals surface area (Å²) in [7, 11) is 0. The lowest BCUT2D eigenvalue weighted by molar-refractivity contribution is -0.0682. The summed E-state index contributed by atoms with van der Waals surface area (Å²) in [4.78, 5) is 0. The van der Waals surface area contributed by atoms with Crippen molar-refractivity contribution in [2.45, 2.75) is 44.5 Å². The largest absolute Gasteiger partial charge is 0.494 e. The molecule has 1 unspecified atom stereocenters. The van der Waals surface area contributed by atoms with Gasteiger partial charge in [-0.2, -0.15) is 0 Å². The molecule has 0 aliphatic carbocycles. The molecular weight excluding hydrogens is 350 g/mol. The number of halogens is 1. The maximum atomic E-state index is 10.0. The normalized spacial score (nSPS) is 22.8. The van der Waals surface area contributed by atoms with Crippen LogP contribution in [0.3, 0.4) is 0 Å². The first-order valence-corrected chi connectivity index (χ1v) is 9.31. The fraction of sp³-hybridized carbons (Fsp3) is 0.381. The molecule has 1 saturated heterocycles. The average molecular weight is 374 g/mol. The number of aliphatic hydroxyl groups is 1. The fourth-order valence-electron chi connectivity index (χ4n) is 3.28. The van der Waals surface area contributed by atoms with Gasteiger partial charge in [0.05, 0.1) is 24.9 Å². The number of aliphatic hydroxyl groups excluding tert-OH is 1. The summed E-state index contributed by atoms with van der Waals surface area (Å²) in [5.41, 5.74) is 3.15. The summed E-state index contributed by atoms with van der Waals surface area (Å²) >= 11 is 6.40. The highest BCUT2D eigenvalue weighted by Crippen LogP contribution is 2.33. The molecule has 0 bridgehead atoms. The van der Waals surface area contributed by atoms with E-state index < -0.39 is 6.10 Å². The van der Waals surface area contributed by atoms with Crippen molar-refractivity contribution in [3.8, 4) is 5.75 Å². The quantitative estimate of drug-likeness (QED) is 0.729. The molecule has 0 radical (unpaired) electrons. The number of hydrogen-bond acceptors (Lipinski definition) is 4. The van der Waals surface area contributed by atoms with Gasteiger partial charge in [-0.3, -0.25) is 0 Å². The first-order chi connectivity index (χ1) is 12.6. The number of hydrogen-bond donors (Lipinski definition) is 2. The van der Waals surface area contributed by atoms with Crippen molar-refractivity contribution in [3.05, 3.63) is 64.2 Å². The van der Waals surface area contributed by atoms with Crippen LogP contribution in [0.2, 0.25) is 5.02 Å². The van der Waals surface area contributed by atoms with E-state index in [1.165, 1.54) is 6.21 Å². The molecule has 0 aromatic heterocycles. The van der Waals surface area contributed by atoms with Crippen LogP contribution in [0.15, 0.2) is 42.5 Å². The maximum Gasteiger partial charge on any atom is 0.119 e. The lowest BCUT2D eigenvalue weighted by atomic mass is 9.94. The molecule has 138 valence electrons. The second-order valence-corrected chi connectivity index (χ2v) is 6.97. The van der Waals surface area contributed by atoms with Crippen molar-refractivity contribution >= 4 is 17.8 Å². The summed E-state index contributed by atoms with van der Waals surface area (Å²) in [6.07, 6.45) is 1.97. The van der Waals surface area contributed by atoms with Gasteiger partial charge in [0, 0.05) is 24.1 Å². The molecule has 1 aliphatic rings. The number of nitrogens with one attached hydrogen (secondary N) is 1.